The number of benzene rings is 3. The second-order valence-electron chi connectivity index (χ2n) is 12.6. The second kappa shape index (κ2) is 13.9. The van der Waals surface area contributed by atoms with E-state index in [1.165, 1.54) is 4.90 Å². The van der Waals surface area contributed by atoms with Crippen molar-refractivity contribution in [2.24, 2.45) is 0 Å². The van der Waals surface area contributed by atoms with Crippen molar-refractivity contribution in [2.45, 2.75) is 70.4 Å². The lowest BCUT2D eigenvalue weighted by atomic mass is 10.0. The Hall–Kier alpha value is -5.06. The van der Waals surface area contributed by atoms with E-state index in [1.54, 1.807) is 31.7 Å². The Balaban J connectivity index is 1.35. The number of alkyl carbamates (subject to hydrolysis) is 1. The summed E-state index contributed by atoms with van der Waals surface area (Å²) in [4.78, 5) is 57.0. The summed E-state index contributed by atoms with van der Waals surface area (Å²) in [6, 6.07) is 22.1. The van der Waals surface area contributed by atoms with Crippen LogP contribution in [0.15, 0.2) is 78.9 Å². The Morgan fingerprint density at radius 3 is 2.30 bits per heavy atom. The standard InChI is InChI=1S/C35H41N5O6/c1-35(2,3)46-33(43)38-28-21-39(34(44)45-22-23-11-6-4-7-12-23)20-19-25-17-18-29(40(25)32(28)42)31(41)37-27-16-10-15-26(30(27)36)24-13-8-5-9-14-24/h4-16,25,28-29H,17-22,36H2,1-3H3,(H,37,41)(H,38,43)/t25-,28+,29+/m1/s1. The van der Waals surface area contributed by atoms with Crippen molar-refractivity contribution in [1.29, 1.82) is 0 Å². The van der Waals surface area contributed by atoms with E-state index in [2.05, 4.69) is 10.6 Å². The van der Waals surface area contributed by atoms with Crippen molar-refractivity contribution in [3.63, 3.8) is 0 Å². The van der Waals surface area contributed by atoms with E-state index in [0.717, 1.165) is 16.7 Å². The zero-order chi connectivity index (χ0) is 32.8. The zero-order valence-corrected chi connectivity index (χ0v) is 26.4. The molecule has 0 unspecified atom stereocenters. The number of hydrogen-bond donors (Lipinski definition) is 3. The van der Waals surface area contributed by atoms with Gasteiger partial charge in [-0.15, -0.1) is 0 Å². The molecule has 3 aromatic rings. The lowest BCUT2D eigenvalue weighted by molar-refractivity contribution is -0.141. The predicted molar refractivity (Wildman–Crippen MR) is 175 cm³/mol. The van der Waals surface area contributed by atoms with E-state index in [0.29, 0.717) is 30.6 Å². The summed E-state index contributed by atoms with van der Waals surface area (Å²) >= 11 is 0. The largest absolute Gasteiger partial charge is 0.445 e. The van der Waals surface area contributed by atoms with Crippen LogP contribution in [0.4, 0.5) is 21.0 Å². The first-order valence-corrected chi connectivity index (χ1v) is 15.5. The van der Waals surface area contributed by atoms with Gasteiger partial charge in [-0.25, -0.2) is 9.59 Å². The second-order valence-corrected chi connectivity index (χ2v) is 12.6. The lowest BCUT2D eigenvalue weighted by Gasteiger charge is -2.38. The minimum atomic E-state index is -1.16. The number of fused-ring (bicyclic) bond motifs is 1. The third kappa shape index (κ3) is 7.77. The smallest absolute Gasteiger partial charge is 0.410 e. The average Bonchev–Trinajstić information content (AvgIpc) is 3.45. The number of para-hydroxylation sites is 1. The fourth-order valence-electron chi connectivity index (χ4n) is 5.93. The lowest BCUT2D eigenvalue weighted by Crippen LogP contribution is -2.61. The van der Waals surface area contributed by atoms with E-state index in [4.69, 9.17) is 15.2 Å². The first-order chi connectivity index (χ1) is 22.0. The van der Waals surface area contributed by atoms with Crippen LogP contribution in [0.1, 0.15) is 45.6 Å². The van der Waals surface area contributed by atoms with Gasteiger partial charge >= 0.3 is 12.2 Å². The minimum absolute atomic E-state index is 0.0701. The number of nitrogen functional groups attached to an aromatic ring is 1. The molecule has 2 saturated heterocycles. The summed E-state index contributed by atoms with van der Waals surface area (Å²) in [5.74, 6) is -0.844. The summed E-state index contributed by atoms with van der Waals surface area (Å²) in [5.41, 5.74) is 9.08. The van der Waals surface area contributed by atoms with E-state index in [1.807, 2.05) is 72.8 Å². The van der Waals surface area contributed by atoms with E-state index in [9.17, 15) is 19.2 Å². The third-order valence-electron chi connectivity index (χ3n) is 8.10. The highest BCUT2D eigenvalue weighted by molar-refractivity contribution is 6.02. The van der Waals surface area contributed by atoms with Gasteiger partial charge in [0.05, 0.1) is 17.9 Å². The van der Waals surface area contributed by atoms with Gasteiger partial charge in [-0.1, -0.05) is 72.8 Å². The molecule has 5 rings (SSSR count). The number of nitrogens with zero attached hydrogens (tertiary/aromatic N) is 2. The molecule has 0 spiro atoms. The van der Waals surface area contributed by atoms with Crippen LogP contribution < -0.4 is 16.4 Å². The van der Waals surface area contributed by atoms with Crippen LogP contribution in [0, 0.1) is 0 Å². The molecule has 2 aliphatic heterocycles. The van der Waals surface area contributed by atoms with Gasteiger partial charge in [0, 0.05) is 18.2 Å². The highest BCUT2D eigenvalue weighted by Gasteiger charge is 2.46. The first-order valence-electron chi connectivity index (χ1n) is 15.5. The number of carbonyl (C=O) groups excluding carboxylic acids is 4. The molecule has 46 heavy (non-hydrogen) atoms. The number of carbonyl (C=O) groups is 4. The van der Waals surface area contributed by atoms with Crippen molar-refractivity contribution in [3.8, 4) is 11.1 Å². The number of hydrogen-bond acceptors (Lipinski definition) is 7. The molecule has 4 N–H and O–H groups in total. The van der Waals surface area contributed by atoms with Crippen LogP contribution in [0.25, 0.3) is 11.1 Å². The summed E-state index contributed by atoms with van der Waals surface area (Å²) in [7, 11) is 0. The molecule has 0 bridgehead atoms. The minimum Gasteiger partial charge on any atom is -0.445 e. The normalized spacial score (nSPS) is 19.8. The molecule has 3 atom stereocenters. The van der Waals surface area contributed by atoms with Gasteiger partial charge in [0.2, 0.25) is 11.8 Å². The molecule has 2 aliphatic rings. The SMILES string of the molecule is CC(C)(C)OC(=O)N[C@H]1CN(C(=O)OCc2ccccc2)CC[C@H]2CC[C@@H](C(=O)Nc3cccc(-c4ccccc4)c3N)N2C1=O. The summed E-state index contributed by atoms with van der Waals surface area (Å²) in [6.07, 6.45) is 0.0160. The highest BCUT2D eigenvalue weighted by atomic mass is 16.6. The molecule has 0 aliphatic carbocycles. The molecule has 0 radical (unpaired) electrons. The topological polar surface area (TPSA) is 143 Å². The van der Waals surface area contributed by atoms with Crippen molar-refractivity contribution < 1.29 is 28.7 Å². The average molecular weight is 628 g/mol. The van der Waals surface area contributed by atoms with E-state index >= 15 is 0 Å². The van der Waals surface area contributed by atoms with Crippen LogP contribution in [-0.2, 0) is 25.7 Å². The maximum atomic E-state index is 14.2. The number of ether oxygens (including phenoxy) is 2. The Bertz CT molecular complexity index is 1560. The molecular weight excluding hydrogens is 586 g/mol. The van der Waals surface area contributed by atoms with Crippen LogP contribution in [0.5, 0.6) is 0 Å². The molecule has 4 amide bonds. The van der Waals surface area contributed by atoms with Crippen LogP contribution in [0.2, 0.25) is 0 Å². The fraction of sp³-hybridized carbons (Fsp3) is 0.371. The first kappa shape index (κ1) is 32.3. The third-order valence-corrected chi connectivity index (χ3v) is 8.10. The number of rotatable bonds is 6. The Kier molecular flexibility index (Phi) is 9.79. The molecular formula is C35H41N5O6. The summed E-state index contributed by atoms with van der Waals surface area (Å²) < 4.78 is 11.0. The van der Waals surface area contributed by atoms with E-state index in [-0.39, 0.29) is 31.6 Å². The van der Waals surface area contributed by atoms with Crippen LogP contribution in [0.3, 0.4) is 0 Å². The van der Waals surface area contributed by atoms with Gasteiger partial charge < -0.3 is 35.6 Å². The van der Waals surface area contributed by atoms with Crippen LogP contribution in [-0.4, -0.2) is 70.6 Å². The van der Waals surface area contributed by atoms with Gasteiger partial charge in [0.25, 0.3) is 0 Å². The molecule has 3 aromatic carbocycles. The maximum Gasteiger partial charge on any atom is 0.410 e. The molecule has 242 valence electrons. The molecule has 2 heterocycles. The van der Waals surface area contributed by atoms with Gasteiger partial charge in [0.15, 0.2) is 0 Å². The number of nitrogens with one attached hydrogen (secondary N) is 2. The van der Waals surface area contributed by atoms with E-state index < -0.39 is 35.8 Å². The zero-order valence-electron chi connectivity index (χ0n) is 26.4. The predicted octanol–water partition coefficient (Wildman–Crippen LogP) is 5.17. The van der Waals surface area contributed by atoms with Crippen molar-refractivity contribution >= 4 is 35.4 Å². The Morgan fingerprint density at radius 2 is 1.61 bits per heavy atom. The molecule has 11 heteroatoms. The van der Waals surface area contributed by atoms with Crippen molar-refractivity contribution in [1.82, 2.24) is 15.1 Å². The van der Waals surface area contributed by atoms with Gasteiger partial charge in [-0.3, -0.25) is 9.59 Å². The van der Waals surface area contributed by atoms with Crippen LogP contribution >= 0.6 is 0 Å². The molecule has 2 fully saturated rings. The van der Waals surface area contributed by atoms with Gasteiger partial charge in [-0.2, -0.15) is 0 Å². The van der Waals surface area contributed by atoms with Gasteiger partial charge in [0.1, 0.15) is 24.3 Å². The molecule has 0 saturated carbocycles. The summed E-state index contributed by atoms with van der Waals surface area (Å²) in [5, 5.41) is 5.60. The molecule has 11 nitrogen and oxygen atoms in total. The molecule has 0 aromatic heterocycles. The number of amides is 4. The van der Waals surface area contributed by atoms with Crippen molar-refractivity contribution in [2.75, 3.05) is 24.1 Å². The number of anilines is 2. The monoisotopic (exact) mass is 627 g/mol. The fourth-order valence-corrected chi connectivity index (χ4v) is 5.93. The van der Waals surface area contributed by atoms with Gasteiger partial charge in [-0.05, 0) is 57.2 Å². The quantitative estimate of drug-likeness (QED) is 0.320. The number of nitrogens with two attached hydrogens (primary N) is 1. The highest BCUT2D eigenvalue weighted by Crippen LogP contribution is 2.34. The summed E-state index contributed by atoms with van der Waals surface area (Å²) in [6.45, 7) is 5.35. The van der Waals surface area contributed by atoms with Crippen molar-refractivity contribution in [3.05, 3.63) is 84.4 Å². The maximum absolute atomic E-state index is 14.2. The Labute approximate surface area is 269 Å². The Morgan fingerprint density at radius 1 is 0.913 bits per heavy atom.